The number of anilines is 2. The van der Waals surface area contributed by atoms with E-state index in [1.54, 1.807) is 34.9 Å². The van der Waals surface area contributed by atoms with Crippen LogP contribution in [0.25, 0.3) is 0 Å². The van der Waals surface area contributed by atoms with Crippen LogP contribution in [0.15, 0.2) is 64.0 Å². The number of piperidine rings is 1. The lowest BCUT2D eigenvalue weighted by molar-refractivity contribution is 0.0690. The number of ether oxygens (including phenoxy) is 1. The molecule has 0 radical (unpaired) electrons. The number of para-hydroxylation sites is 1. The number of aryl methyl sites for hydroxylation is 1. The Balaban J connectivity index is 1.23. The number of aromatic nitrogens is 1. The third-order valence-corrected chi connectivity index (χ3v) is 11.4. The second kappa shape index (κ2) is 21.7. The van der Waals surface area contributed by atoms with Crippen LogP contribution in [0.3, 0.4) is 0 Å². The van der Waals surface area contributed by atoms with E-state index in [0.717, 1.165) is 43.1 Å². The molecule has 300 valence electrons. The molecule has 1 unspecified atom stereocenters. The van der Waals surface area contributed by atoms with Crippen molar-refractivity contribution in [2.75, 3.05) is 76.7 Å². The Kier molecular flexibility index (Phi) is 16.6. The Bertz CT molecular complexity index is 1890. The predicted octanol–water partition coefficient (Wildman–Crippen LogP) is 6.35. The minimum atomic E-state index is -1.14. The molecular weight excluding hydrogens is 750 g/mol. The first kappa shape index (κ1) is 42.7. The number of likely N-dealkylation sites (tertiary alicyclic amines) is 1. The molecule has 56 heavy (non-hydrogen) atoms. The molecule has 3 aromatic rings. The van der Waals surface area contributed by atoms with E-state index in [4.69, 9.17) is 15.9 Å². The summed E-state index contributed by atoms with van der Waals surface area (Å²) in [5.41, 5.74) is 8.28. The lowest BCUT2D eigenvalue weighted by atomic mass is 10.1. The zero-order valence-electron chi connectivity index (χ0n) is 32.6. The molecule has 6 N–H and O–H groups in total. The van der Waals surface area contributed by atoms with E-state index in [-0.39, 0.29) is 29.4 Å². The summed E-state index contributed by atoms with van der Waals surface area (Å²) < 4.78 is 20.5. The average Bonchev–Trinajstić information content (AvgIpc) is 3.79. The fourth-order valence-corrected chi connectivity index (χ4v) is 8.34. The van der Waals surface area contributed by atoms with Crippen LogP contribution in [0.4, 0.5) is 15.2 Å². The Hall–Kier alpha value is -4.46. The maximum atomic E-state index is 14.7. The number of carbonyl (C=O) groups is 1. The van der Waals surface area contributed by atoms with Crippen molar-refractivity contribution in [3.63, 3.8) is 0 Å². The summed E-state index contributed by atoms with van der Waals surface area (Å²) in [5, 5.41) is 26.6. The van der Waals surface area contributed by atoms with Crippen LogP contribution in [-0.2, 0) is 6.42 Å². The number of thioether (sulfide) groups is 1. The molecule has 0 amide bonds. The number of aromatic carboxylic acids is 1. The Morgan fingerprint density at radius 1 is 1.20 bits per heavy atom. The molecule has 1 fully saturated rings. The van der Waals surface area contributed by atoms with Gasteiger partial charge in [-0.3, -0.25) is 10.3 Å². The predicted molar refractivity (Wildman–Crippen MR) is 227 cm³/mol. The second-order valence-electron chi connectivity index (χ2n) is 14.1. The fraction of sp³-hybridized carbons (Fsp3) is 0.463. The number of carboxylic acids is 1. The maximum absolute atomic E-state index is 14.7. The largest absolute Gasteiger partial charge is 0.491 e. The van der Waals surface area contributed by atoms with Crippen LogP contribution in [0.5, 0.6) is 5.75 Å². The number of halogens is 1. The van der Waals surface area contributed by atoms with E-state index in [1.807, 2.05) is 50.2 Å². The van der Waals surface area contributed by atoms with Gasteiger partial charge < -0.3 is 36.0 Å². The molecule has 1 saturated heterocycles. The van der Waals surface area contributed by atoms with Crippen LogP contribution in [0.2, 0.25) is 0 Å². The molecule has 12 nitrogen and oxygen atoms in total. The number of carboxylic acid groups (broad SMARTS) is 1. The molecule has 0 bridgehead atoms. The molecule has 1 aromatic heterocycles. The first-order chi connectivity index (χ1) is 27.1. The van der Waals surface area contributed by atoms with Crippen LogP contribution in [0, 0.1) is 23.1 Å². The van der Waals surface area contributed by atoms with Gasteiger partial charge in [-0.1, -0.05) is 42.2 Å². The number of thiazole rings is 1. The second-order valence-corrected chi connectivity index (χ2v) is 16.2. The molecular formula is C41H54FN9O3S2. The van der Waals surface area contributed by atoms with Crippen LogP contribution >= 0.6 is 23.1 Å². The summed E-state index contributed by atoms with van der Waals surface area (Å²) in [4.78, 5) is 29.4. The summed E-state index contributed by atoms with van der Waals surface area (Å²) in [6.07, 6.45) is 7.96. The van der Waals surface area contributed by atoms with Crippen molar-refractivity contribution in [1.82, 2.24) is 20.1 Å². The average molecular weight is 804 g/mol. The van der Waals surface area contributed by atoms with Gasteiger partial charge in [0.2, 0.25) is 0 Å². The molecule has 0 aliphatic carbocycles. The third kappa shape index (κ3) is 13.1. The van der Waals surface area contributed by atoms with Gasteiger partial charge in [-0.15, -0.1) is 11.3 Å². The van der Waals surface area contributed by atoms with Crippen LogP contribution in [-0.4, -0.2) is 110 Å². The number of rotatable bonds is 19. The number of nitrogens with two attached hydrogens (primary N) is 1. The first-order valence-electron chi connectivity index (χ1n) is 19.2. The van der Waals surface area contributed by atoms with Crippen molar-refractivity contribution in [3.8, 4) is 17.6 Å². The first-order valence-corrected chi connectivity index (χ1v) is 20.9. The number of hydrogen-bond acceptors (Lipinski definition) is 11. The van der Waals surface area contributed by atoms with E-state index in [0.29, 0.717) is 52.9 Å². The highest BCUT2D eigenvalue weighted by Gasteiger charge is 2.24. The van der Waals surface area contributed by atoms with Gasteiger partial charge in [-0.25, -0.2) is 19.2 Å². The molecule has 2 aliphatic heterocycles. The van der Waals surface area contributed by atoms with Gasteiger partial charge in [0.15, 0.2) is 27.9 Å². The summed E-state index contributed by atoms with van der Waals surface area (Å²) in [6.45, 7) is 8.20. The molecule has 5 rings (SSSR count). The maximum Gasteiger partial charge on any atom is 0.355 e. The normalized spacial score (nSPS) is 15.9. The number of nitrogens with one attached hydrogen (secondary N) is 3. The van der Waals surface area contributed by atoms with Crippen molar-refractivity contribution < 1.29 is 19.0 Å². The highest BCUT2D eigenvalue weighted by Crippen LogP contribution is 2.38. The topological polar surface area (TPSA) is 155 Å². The number of nitrogens with zero attached hydrogens (tertiary/aromatic N) is 5. The number of fused-ring (bicyclic) bond motifs is 1. The van der Waals surface area contributed by atoms with E-state index in [2.05, 4.69) is 37.4 Å². The van der Waals surface area contributed by atoms with Gasteiger partial charge >= 0.3 is 5.97 Å². The van der Waals surface area contributed by atoms with Gasteiger partial charge in [0.05, 0.1) is 18.8 Å². The minimum Gasteiger partial charge on any atom is -0.491 e. The standard InChI is InChI=1S/C41H54FN9O3S2/c1-29(38(44)48-40-46-32-14-5-6-15-34(32)55-40)27-36(43)51(24-10-7-19-45-20-25-50-22-8-4-9-23-50)41-47-37(39(52)53)35(56-41)16-12-26-54-33-18-17-30(28-31(33)42)13-11-21-49(2)3/h5-6,14-15,17-18,27-28,40,43,45-46H,4,7-10,12,16,19-26H2,1-3H3,(H2,44,48)(H,52,53)/b29-27-,43-36?. The number of amidine groups is 2. The van der Waals surface area contributed by atoms with Crippen LogP contribution < -0.4 is 26.0 Å². The zero-order valence-corrected chi connectivity index (χ0v) is 34.2. The monoisotopic (exact) mass is 803 g/mol. The van der Waals surface area contributed by atoms with Crippen molar-refractivity contribution in [1.29, 1.82) is 5.41 Å². The number of unbranched alkanes of at least 4 members (excludes halogenated alkanes) is 1. The lowest BCUT2D eigenvalue weighted by Crippen LogP contribution is -2.36. The fourth-order valence-electron chi connectivity index (χ4n) is 6.20. The summed E-state index contributed by atoms with van der Waals surface area (Å²) in [5.74, 6) is 4.85. The molecule has 15 heteroatoms. The van der Waals surface area contributed by atoms with Gasteiger partial charge in [0.25, 0.3) is 0 Å². The Morgan fingerprint density at radius 3 is 2.75 bits per heavy atom. The molecule has 2 aliphatic rings. The summed E-state index contributed by atoms with van der Waals surface area (Å²) in [6, 6.07) is 12.6. The summed E-state index contributed by atoms with van der Waals surface area (Å²) >= 11 is 2.82. The molecule has 3 heterocycles. The molecule has 0 saturated carbocycles. The quantitative estimate of drug-likeness (QED) is 0.0399. The van der Waals surface area contributed by atoms with Crippen molar-refractivity contribution in [3.05, 3.63) is 76.1 Å². The highest BCUT2D eigenvalue weighted by atomic mass is 32.2. The minimum absolute atomic E-state index is 0.0558. The van der Waals surface area contributed by atoms with E-state index >= 15 is 0 Å². The van der Waals surface area contributed by atoms with Gasteiger partial charge in [-0.05, 0) is 121 Å². The Labute approximate surface area is 338 Å². The van der Waals surface area contributed by atoms with E-state index in [1.165, 1.54) is 49.8 Å². The Morgan fingerprint density at radius 2 is 2.00 bits per heavy atom. The SMILES string of the molecule is C/C(=C/C(=N)N(CCCCNCCN1CCCCC1)c1nc(C(=O)O)c(CCCOc2ccc(C#CCN(C)C)cc2F)s1)C(N)=NC1Nc2ccccc2S1. The smallest absolute Gasteiger partial charge is 0.355 e. The van der Waals surface area contributed by atoms with Crippen molar-refractivity contribution in [2.45, 2.75) is 62.3 Å². The van der Waals surface area contributed by atoms with Crippen molar-refractivity contribution in [2.24, 2.45) is 10.7 Å². The van der Waals surface area contributed by atoms with E-state index in [9.17, 15) is 14.3 Å². The van der Waals surface area contributed by atoms with E-state index < -0.39 is 11.8 Å². The zero-order chi connectivity index (χ0) is 39.9. The highest BCUT2D eigenvalue weighted by molar-refractivity contribution is 8.00. The van der Waals surface area contributed by atoms with Crippen LogP contribution in [0.1, 0.15) is 66.4 Å². The van der Waals surface area contributed by atoms with Crippen molar-refractivity contribution >= 4 is 51.6 Å². The third-order valence-electron chi connectivity index (χ3n) is 9.23. The number of aliphatic imine (C=N–C) groups is 1. The molecule has 1 atom stereocenters. The molecule has 2 aromatic carbocycles. The van der Waals surface area contributed by atoms with Gasteiger partial charge in [-0.2, -0.15) is 0 Å². The van der Waals surface area contributed by atoms with Gasteiger partial charge in [0, 0.05) is 35.0 Å². The number of benzene rings is 2. The number of hydrogen-bond donors (Lipinski definition) is 5. The lowest BCUT2D eigenvalue weighted by Gasteiger charge is -2.26. The summed E-state index contributed by atoms with van der Waals surface area (Å²) in [7, 11) is 3.83. The molecule has 0 spiro atoms. The van der Waals surface area contributed by atoms with Gasteiger partial charge in [0.1, 0.15) is 11.7 Å².